The summed E-state index contributed by atoms with van der Waals surface area (Å²) in [5.74, 6) is 14.9. The third kappa shape index (κ3) is 31.6. The van der Waals surface area contributed by atoms with Crippen LogP contribution in [-0.2, 0) is 0 Å². The zero-order chi connectivity index (χ0) is 61.3. The van der Waals surface area contributed by atoms with Gasteiger partial charge in [-0.25, -0.2) is 0 Å². The fourth-order valence-electron chi connectivity index (χ4n) is 16.8. The van der Waals surface area contributed by atoms with Crippen molar-refractivity contribution >= 4 is 0 Å². The van der Waals surface area contributed by atoms with Crippen LogP contribution in [0.15, 0.2) is 0 Å². The highest BCUT2D eigenvalue weighted by atomic mass is 14.4. The van der Waals surface area contributed by atoms with E-state index >= 15 is 0 Å². The maximum absolute atomic E-state index is 2.42. The predicted molar refractivity (Wildman–Crippen MR) is 368 cm³/mol. The number of hydrogen-bond acceptors (Lipinski definition) is 0. The Bertz CT molecular complexity index is 1380. The Balaban J connectivity index is 0.000000444. The molecule has 10 rings (SSSR count). The van der Waals surface area contributed by atoms with E-state index in [2.05, 4.69) is 187 Å². The molecule has 0 nitrogen and oxygen atoms in total. The van der Waals surface area contributed by atoms with Crippen molar-refractivity contribution in [1.82, 2.24) is 0 Å². The van der Waals surface area contributed by atoms with Crippen LogP contribution < -0.4 is 0 Å². The van der Waals surface area contributed by atoms with Crippen LogP contribution in [0.25, 0.3) is 0 Å². The van der Waals surface area contributed by atoms with Gasteiger partial charge in [0.15, 0.2) is 0 Å². The molecule has 480 valence electrons. The smallest absolute Gasteiger partial charge is 0.0328 e. The minimum Gasteiger partial charge on any atom is -0.0651 e. The van der Waals surface area contributed by atoms with E-state index in [1.54, 1.807) is 0 Å². The molecule has 0 radical (unpaired) electrons. The van der Waals surface area contributed by atoms with E-state index < -0.39 is 0 Å². The van der Waals surface area contributed by atoms with Crippen LogP contribution in [0.3, 0.4) is 0 Å². The van der Waals surface area contributed by atoms with Crippen molar-refractivity contribution < 1.29 is 0 Å². The SMILES string of the molecule is CC1CC(C)C(C)C1.CC1CC(C)[C@@H](C)C1.CC1CCC(C)(C)C1.CC1CCC(C)C1C.CC1CCCC1(C)C.CCC1(C)CCCC1.CCC1(C)CCCC1.CCC1CCCC1C.C[C@H]1CCC(C)(C)C1.C[C@H]1CCCC1(C)C. The predicted octanol–water partition coefficient (Wildman–Crippen LogP) is 28.2. The van der Waals surface area contributed by atoms with Crippen molar-refractivity contribution in [2.24, 2.45) is 121 Å². The van der Waals surface area contributed by atoms with Gasteiger partial charge in [0.2, 0.25) is 0 Å². The summed E-state index contributed by atoms with van der Waals surface area (Å²) in [6.45, 7) is 63.9. The van der Waals surface area contributed by atoms with Gasteiger partial charge in [-0.3, -0.25) is 0 Å². The first kappa shape index (κ1) is 78.0. The lowest BCUT2D eigenvalue weighted by atomic mass is 9.83. The third-order valence-electron chi connectivity index (χ3n) is 25.8. The molecule has 0 aromatic rings. The van der Waals surface area contributed by atoms with Crippen LogP contribution in [0.2, 0.25) is 0 Å². The fraction of sp³-hybridized carbons (Fsp3) is 1.00. The summed E-state index contributed by atoms with van der Waals surface area (Å²) in [7, 11) is 0. The Hall–Kier alpha value is 0. The molecule has 0 heterocycles. The van der Waals surface area contributed by atoms with Crippen LogP contribution in [0.1, 0.15) is 392 Å². The van der Waals surface area contributed by atoms with Gasteiger partial charge in [-0.05, 0) is 211 Å². The molecule has 0 bridgehead atoms. The molecule has 0 heteroatoms. The van der Waals surface area contributed by atoms with Crippen molar-refractivity contribution in [3.8, 4) is 0 Å². The minimum atomic E-state index is 0.653. The Kier molecular flexibility index (Phi) is 36.7. The van der Waals surface area contributed by atoms with Crippen molar-refractivity contribution in [2.75, 3.05) is 0 Å². The Morgan fingerprint density at radius 3 is 0.713 bits per heavy atom. The van der Waals surface area contributed by atoms with Crippen LogP contribution in [0.4, 0.5) is 0 Å². The van der Waals surface area contributed by atoms with Gasteiger partial charge in [0.1, 0.15) is 0 Å². The zero-order valence-corrected chi connectivity index (χ0v) is 61.3. The Morgan fingerprint density at radius 2 is 0.613 bits per heavy atom. The number of hydrogen-bond donors (Lipinski definition) is 0. The lowest BCUT2D eigenvalue weighted by Gasteiger charge is -2.22. The molecule has 80 heavy (non-hydrogen) atoms. The molecule has 10 fully saturated rings. The molecular weight excluding hydrogens is 961 g/mol. The summed E-state index contributed by atoms with van der Waals surface area (Å²) >= 11 is 0. The lowest BCUT2D eigenvalue weighted by molar-refractivity contribution is 0.281. The second-order valence-corrected chi connectivity index (χ2v) is 35.9. The summed E-state index contributed by atoms with van der Waals surface area (Å²) < 4.78 is 0. The summed E-state index contributed by atoms with van der Waals surface area (Å²) in [6, 6.07) is 0. The van der Waals surface area contributed by atoms with E-state index in [9.17, 15) is 0 Å². The molecule has 0 aromatic carbocycles. The molecule has 0 aliphatic heterocycles. The quantitative estimate of drug-likeness (QED) is 0.264. The van der Waals surface area contributed by atoms with Crippen LogP contribution in [-0.4, -0.2) is 0 Å². The van der Waals surface area contributed by atoms with Gasteiger partial charge in [-0.2, -0.15) is 0 Å². The highest BCUT2D eigenvalue weighted by Crippen LogP contribution is 2.45. The summed E-state index contributed by atoms with van der Waals surface area (Å²) in [4.78, 5) is 0. The average molecular weight is 1120 g/mol. The normalized spacial score (nSPS) is 37.6. The topological polar surface area (TPSA) is 0 Å². The van der Waals surface area contributed by atoms with Gasteiger partial charge >= 0.3 is 0 Å². The van der Waals surface area contributed by atoms with E-state index in [1.807, 2.05) is 0 Å². The van der Waals surface area contributed by atoms with Gasteiger partial charge in [-0.15, -0.1) is 0 Å². The van der Waals surface area contributed by atoms with E-state index in [1.165, 1.54) is 205 Å². The van der Waals surface area contributed by atoms with Crippen molar-refractivity contribution in [3.05, 3.63) is 0 Å². The Morgan fingerprint density at radius 1 is 0.287 bits per heavy atom. The van der Waals surface area contributed by atoms with Crippen molar-refractivity contribution in [3.63, 3.8) is 0 Å². The summed E-state index contributed by atoms with van der Waals surface area (Å²) in [5, 5.41) is 0. The lowest BCUT2D eigenvalue weighted by Crippen LogP contribution is -2.13. The minimum absolute atomic E-state index is 0.653. The first-order valence-electron chi connectivity index (χ1n) is 36.9. The molecule has 0 saturated heterocycles. The molecule has 13 atom stereocenters. The first-order chi connectivity index (χ1) is 36.9. The molecule has 0 N–H and O–H groups in total. The highest BCUT2D eigenvalue weighted by Gasteiger charge is 2.33. The molecule has 0 aromatic heterocycles. The molecule has 10 aliphatic carbocycles. The van der Waals surface area contributed by atoms with E-state index in [-0.39, 0.29) is 0 Å². The summed E-state index contributed by atoms with van der Waals surface area (Å²) in [6.07, 6.45) is 46.5. The monoisotopic (exact) mass is 1120 g/mol. The third-order valence-corrected chi connectivity index (χ3v) is 25.8. The summed E-state index contributed by atoms with van der Waals surface area (Å²) in [5.41, 5.74) is 4.11. The van der Waals surface area contributed by atoms with Gasteiger partial charge < -0.3 is 0 Å². The first-order valence-corrected chi connectivity index (χ1v) is 36.9. The van der Waals surface area contributed by atoms with Gasteiger partial charge in [0.25, 0.3) is 0 Å². The molecule has 10 saturated carbocycles. The van der Waals surface area contributed by atoms with Crippen molar-refractivity contribution in [1.29, 1.82) is 0 Å². The zero-order valence-electron chi connectivity index (χ0n) is 61.3. The largest absolute Gasteiger partial charge is 0.0651 e. The van der Waals surface area contributed by atoms with E-state index in [0.29, 0.717) is 21.7 Å². The van der Waals surface area contributed by atoms with Crippen LogP contribution in [0, 0.1) is 121 Å². The highest BCUT2D eigenvalue weighted by molar-refractivity contribution is 4.84. The number of rotatable bonds is 3. The molecular formula is C80H160. The average Bonchev–Trinajstić information content (AvgIpc) is 4.29. The van der Waals surface area contributed by atoms with Gasteiger partial charge in [0, 0.05) is 0 Å². The van der Waals surface area contributed by atoms with Crippen molar-refractivity contribution in [2.45, 2.75) is 392 Å². The second-order valence-electron chi connectivity index (χ2n) is 35.9. The molecule has 0 amide bonds. The van der Waals surface area contributed by atoms with E-state index in [4.69, 9.17) is 0 Å². The molecule has 10 aliphatic rings. The second kappa shape index (κ2) is 37.6. The molecule has 10 unspecified atom stereocenters. The van der Waals surface area contributed by atoms with Crippen LogP contribution in [0.5, 0.6) is 0 Å². The van der Waals surface area contributed by atoms with Crippen LogP contribution >= 0.6 is 0 Å². The maximum atomic E-state index is 2.42. The van der Waals surface area contributed by atoms with E-state index in [0.717, 1.165) is 99.6 Å². The standard InChI is InChI=1S/10C8H16/c2*1-6-4-7(2)8(3)5-6;2*1-7-4-5-8(2,3)6-7;2*1-7-5-4-6-8(7,2)3;1-6-4-5-7(2)8(6)3;2*1-3-8(2)6-4-5-7-8;1-3-8-6-4-5-7(8)2/h2*6-8H,4-5H2,1-3H3;4*7H,4-6H2,1-3H3;6-8H,4-5H2,1-3H3;2*3-7H2,1-2H3;7-8H,3-6H2,1-2H3/t6?,7-,8?;;7-;;7-;;;;;/m0.0.0...../s1. The fourth-order valence-corrected chi connectivity index (χ4v) is 16.8. The Labute approximate surface area is 511 Å². The maximum Gasteiger partial charge on any atom is -0.0328 e. The van der Waals surface area contributed by atoms with Gasteiger partial charge in [0.05, 0.1) is 0 Å². The van der Waals surface area contributed by atoms with Gasteiger partial charge in [-0.1, -0.05) is 303 Å². The molecule has 0 spiro atoms.